The smallest absolute Gasteiger partial charge is 0.164 e. The molecule has 0 N–H and O–H groups in total. The van der Waals surface area contributed by atoms with Crippen molar-refractivity contribution in [2.75, 3.05) is 4.90 Å². The summed E-state index contributed by atoms with van der Waals surface area (Å²) in [5.41, 5.74) is 11.7. The minimum atomic E-state index is 0.560. The quantitative estimate of drug-likeness (QED) is 0.157. The molecule has 10 rings (SSSR count). The van der Waals surface area contributed by atoms with Gasteiger partial charge in [-0.2, -0.15) is 0 Å². The molecule has 0 fully saturated rings. The first kappa shape index (κ1) is 33.0. The van der Waals surface area contributed by atoms with E-state index in [0.29, 0.717) is 17.5 Å². The zero-order valence-corrected chi connectivity index (χ0v) is 30.3. The molecule has 264 valence electrons. The Bertz CT molecular complexity index is 2950. The standard InChI is InChI=1S/C51H34N4O/c1-5-16-35(17-6-1)37-28-30-42(31-29-37)55(41-24-11-4-12-25-41)43-33-45(48-44-26-13-14-27-46(44)56-47(48)34-43)51-53-49(38-20-9-3-10-21-38)52-50(54-51)40-23-15-22-39(32-40)36-18-7-2-8-19-36/h1-34H. The second-order valence-corrected chi connectivity index (χ2v) is 13.7. The topological polar surface area (TPSA) is 55.1 Å². The normalized spacial score (nSPS) is 11.2. The van der Waals surface area contributed by atoms with Gasteiger partial charge >= 0.3 is 0 Å². The van der Waals surface area contributed by atoms with Gasteiger partial charge in [-0.25, -0.2) is 15.0 Å². The molecule has 0 saturated heterocycles. The number of benzene rings is 8. The van der Waals surface area contributed by atoms with E-state index in [-0.39, 0.29) is 0 Å². The SMILES string of the molecule is c1ccc(-c2ccc(N(c3ccccc3)c3cc(-c4nc(-c5ccccc5)nc(-c5cccc(-c6ccccc6)c5)n4)c4c(c3)oc3ccccc34)cc2)cc1. The summed E-state index contributed by atoms with van der Waals surface area (Å²) in [5, 5.41) is 1.95. The van der Waals surface area contributed by atoms with Gasteiger partial charge in [0.2, 0.25) is 0 Å². The molecule has 10 aromatic rings. The number of anilines is 3. The molecule has 0 amide bonds. The maximum atomic E-state index is 6.65. The molecule has 2 aromatic heterocycles. The molecule has 0 unspecified atom stereocenters. The summed E-state index contributed by atoms with van der Waals surface area (Å²) >= 11 is 0. The number of rotatable bonds is 8. The van der Waals surface area contributed by atoms with Gasteiger partial charge in [-0.15, -0.1) is 0 Å². The number of hydrogen-bond donors (Lipinski definition) is 0. The maximum Gasteiger partial charge on any atom is 0.164 e. The number of furan rings is 1. The number of nitrogens with zero attached hydrogens (tertiary/aromatic N) is 4. The zero-order valence-electron chi connectivity index (χ0n) is 30.3. The summed E-state index contributed by atoms with van der Waals surface area (Å²) in [4.78, 5) is 17.9. The van der Waals surface area contributed by atoms with Crippen molar-refractivity contribution < 1.29 is 4.42 Å². The van der Waals surface area contributed by atoms with Crippen molar-refractivity contribution >= 4 is 39.0 Å². The fourth-order valence-electron chi connectivity index (χ4n) is 7.41. The maximum absolute atomic E-state index is 6.65. The van der Waals surface area contributed by atoms with Crippen molar-refractivity contribution in [3.05, 3.63) is 206 Å². The van der Waals surface area contributed by atoms with Crippen LogP contribution in [0.1, 0.15) is 0 Å². The van der Waals surface area contributed by atoms with Gasteiger partial charge in [0, 0.05) is 44.9 Å². The summed E-state index contributed by atoms with van der Waals surface area (Å²) in [6.07, 6.45) is 0. The predicted molar refractivity (Wildman–Crippen MR) is 229 cm³/mol. The summed E-state index contributed by atoms with van der Waals surface area (Å²) in [6, 6.07) is 70.9. The van der Waals surface area contributed by atoms with E-state index in [2.05, 4.69) is 144 Å². The van der Waals surface area contributed by atoms with E-state index in [4.69, 9.17) is 19.4 Å². The molecule has 0 atom stereocenters. The van der Waals surface area contributed by atoms with Crippen LogP contribution in [0.2, 0.25) is 0 Å². The van der Waals surface area contributed by atoms with Crippen LogP contribution >= 0.6 is 0 Å². The highest BCUT2D eigenvalue weighted by Crippen LogP contribution is 2.43. The van der Waals surface area contributed by atoms with E-state index >= 15 is 0 Å². The molecule has 0 spiro atoms. The second-order valence-electron chi connectivity index (χ2n) is 13.7. The molecule has 5 nitrogen and oxygen atoms in total. The van der Waals surface area contributed by atoms with E-state index in [1.54, 1.807) is 0 Å². The molecule has 2 heterocycles. The van der Waals surface area contributed by atoms with Gasteiger partial charge in [0.05, 0.1) is 5.69 Å². The second kappa shape index (κ2) is 14.3. The third-order valence-electron chi connectivity index (χ3n) is 10.1. The van der Waals surface area contributed by atoms with Crippen LogP contribution in [-0.2, 0) is 0 Å². The summed E-state index contributed by atoms with van der Waals surface area (Å²) in [6.45, 7) is 0. The highest BCUT2D eigenvalue weighted by Gasteiger charge is 2.22. The Labute approximate surface area is 324 Å². The fraction of sp³-hybridized carbons (Fsp3) is 0. The van der Waals surface area contributed by atoms with Crippen LogP contribution in [-0.4, -0.2) is 15.0 Å². The third-order valence-corrected chi connectivity index (χ3v) is 10.1. The summed E-state index contributed by atoms with van der Waals surface area (Å²) < 4.78 is 6.65. The van der Waals surface area contributed by atoms with Crippen LogP contribution in [0.15, 0.2) is 211 Å². The molecular formula is C51H34N4O. The molecule has 0 aliphatic rings. The lowest BCUT2D eigenvalue weighted by molar-refractivity contribution is 0.669. The van der Waals surface area contributed by atoms with Gasteiger partial charge < -0.3 is 9.32 Å². The Balaban J connectivity index is 1.21. The first-order valence-corrected chi connectivity index (χ1v) is 18.7. The Morgan fingerprint density at radius 2 is 0.821 bits per heavy atom. The van der Waals surface area contributed by atoms with E-state index in [1.165, 1.54) is 5.56 Å². The average molecular weight is 719 g/mol. The highest BCUT2D eigenvalue weighted by atomic mass is 16.3. The van der Waals surface area contributed by atoms with Crippen molar-refractivity contribution in [1.82, 2.24) is 15.0 Å². The molecule has 5 heteroatoms. The first-order valence-electron chi connectivity index (χ1n) is 18.7. The average Bonchev–Trinajstić information content (AvgIpc) is 3.66. The molecule has 8 aromatic carbocycles. The van der Waals surface area contributed by atoms with Crippen molar-refractivity contribution in [3.63, 3.8) is 0 Å². The minimum absolute atomic E-state index is 0.560. The fourth-order valence-corrected chi connectivity index (χ4v) is 7.41. The lowest BCUT2D eigenvalue weighted by Gasteiger charge is -2.26. The number of hydrogen-bond acceptors (Lipinski definition) is 5. The summed E-state index contributed by atoms with van der Waals surface area (Å²) in [7, 11) is 0. The van der Waals surface area contributed by atoms with E-state index in [1.807, 2.05) is 66.7 Å². The van der Waals surface area contributed by atoms with Crippen LogP contribution in [0.25, 0.3) is 78.4 Å². The Kier molecular flexibility index (Phi) is 8.43. The minimum Gasteiger partial charge on any atom is -0.456 e. The monoisotopic (exact) mass is 718 g/mol. The molecule has 0 aliphatic heterocycles. The van der Waals surface area contributed by atoms with Crippen LogP contribution in [0.4, 0.5) is 17.1 Å². The van der Waals surface area contributed by atoms with Crippen molar-refractivity contribution in [1.29, 1.82) is 0 Å². The zero-order chi connectivity index (χ0) is 37.3. The van der Waals surface area contributed by atoms with Crippen LogP contribution in [0, 0.1) is 0 Å². The van der Waals surface area contributed by atoms with Crippen LogP contribution in [0.3, 0.4) is 0 Å². The Morgan fingerprint density at radius 3 is 1.52 bits per heavy atom. The molecule has 56 heavy (non-hydrogen) atoms. The number of fused-ring (bicyclic) bond motifs is 3. The largest absolute Gasteiger partial charge is 0.456 e. The van der Waals surface area contributed by atoms with Gasteiger partial charge in [-0.1, -0.05) is 158 Å². The Morgan fingerprint density at radius 1 is 0.321 bits per heavy atom. The van der Waals surface area contributed by atoms with E-state index in [0.717, 1.165) is 72.4 Å². The molecule has 0 aliphatic carbocycles. The number of para-hydroxylation sites is 2. The van der Waals surface area contributed by atoms with Gasteiger partial charge in [-0.05, 0) is 64.7 Å². The molecule has 0 bridgehead atoms. The predicted octanol–water partition coefficient (Wildman–Crippen LogP) is 13.6. The van der Waals surface area contributed by atoms with Crippen molar-refractivity contribution in [2.24, 2.45) is 0 Å². The van der Waals surface area contributed by atoms with E-state index < -0.39 is 0 Å². The van der Waals surface area contributed by atoms with Gasteiger partial charge in [0.25, 0.3) is 0 Å². The van der Waals surface area contributed by atoms with Crippen LogP contribution < -0.4 is 4.90 Å². The molecule has 0 radical (unpaired) electrons. The highest BCUT2D eigenvalue weighted by molar-refractivity contribution is 6.13. The molecule has 0 saturated carbocycles. The Hall–Kier alpha value is -7.63. The lowest BCUT2D eigenvalue weighted by Crippen LogP contribution is -2.10. The lowest BCUT2D eigenvalue weighted by atomic mass is 10.0. The van der Waals surface area contributed by atoms with E-state index in [9.17, 15) is 0 Å². The first-order chi connectivity index (χ1) is 27.7. The molecular weight excluding hydrogens is 685 g/mol. The van der Waals surface area contributed by atoms with Crippen molar-refractivity contribution in [2.45, 2.75) is 0 Å². The van der Waals surface area contributed by atoms with Crippen LogP contribution in [0.5, 0.6) is 0 Å². The number of aromatic nitrogens is 3. The van der Waals surface area contributed by atoms with Gasteiger partial charge in [0.1, 0.15) is 11.2 Å². The van der Waals surface area contributed by atoms with Gasteiger partial charge in [0.15, 0.2) is 17.5 Å². The van der Waals surface area contributed by atoms with Crippen molar-refractivity contribution in [3.8, 4) is 56.4 Å². The summed E-state index contributed by atoms with van der Waals surface area (Å²) in [5.74, 6) is 1.75. The third kappa shape index (κ3) is 6.27. The van der Waals surface area contributed by atoms with Gasteiger partial charge in [-0.3, -0.25) is 0 Å².